The average Bonchev–Trinajstić information content (AvgIpc) is 3.26. The Bertz CT molecular complexity index is 1130. The molecule has 0 saturated carbocycles. The van der Waals surface area contributed by atoms with Crippen LogP contribution in [0, 0.1) is 0 Å². The Kier molecular flexibility index (Phi) is 7.09. The fourth-order valence-electron chi connectivity index (χ4n) is 2.49. The largest absolute Gasteiger partial charge is 0.280 e. The third-order valence-corrected chi connectivity index (χ3v) is 6.56. The molecule has 3 N–H and O–H groups in total. The maximum atomic E-state index is 12.6. The summed E-state index contributed by atoms with van der Waals surface area (Å²) in [5, 5.41) is 2.41. The molecule has 0 unspecified atom stereocenters. The summed E-state index contributed by atoms with van der Waals surface area (Å²) in [6, 6.07) is 15.5. The minimum Gasteiger partial charge on any atom is -0.280 e. The second-order valence-corrected chi connectivity index (χ2v) is 9.37. The molecule has 0 saturated heterocycles. The number of nitrogens with one attached hydrogen (secondary N) is 3. The second-order valence-electron chi connectivity index (χ2n) is 6.22. The standard InChI is InChI=1S/C20H18ClN3O4S2/c21-15-6-8-16(9-7-15)24-30(27,28)18-5-1-3-14(13-18)20(26)23-22-19(25)11-10-17-4-2-12-29-17/h1-9,12-13,24H,10-11H2,(H,22,25)(H,23,26). The molecular weight excluding hydrogens is 446 g/mol. The molecule has 1 aromatic heterocycles. The molecule has 30 heavy (non-hydrogen) atoms. The van der Waals surface area contributed by atoms with E-state index < -0.39 is 15.9 Å². The van der Waals surface area contributed by atoms with Gasteiger partial charge in [0.1, 0.15) is 0 Å². The maximum absolute atomic E-state index is 12.6. The maximum Gasteiger partial charge on any atom is 0.269 e. The number of rotatable bonds is 7. The monoisotopic (exact) mass is 463 g/mol. The Hall–Kier alpha value is -2.88. The molecule has 156 valence electrons. The first-order chi connectivity index (χ1) is 14.3. The normalized spacial score (nSPS) is 11.0. The fraction of sp³-hybridized carbons (Fsp3) is 0.100. The number of halogens is 1. The molecule has 0 radical (unpaired) electrons. The van der Waals surface area contributed by atoms with Gasteiger partial charge >= 0.3 is 0 Å². The topological polar surface area (TPSA) is 104 Å². The van der Waals surface area contributed by atoms with Crippen molar-refractivity contribution < 1.29 is 18.0 Å². The molecule has 0 aliphatic carbocycles. The van der Waals surface area contributed by atoms with Crippen molar-refractivity contribution in [1.29, 1.82) is 0 Å². The van der Waals surface area contributed by atoms with E-state index in [1.807, 2.05) is 17.5 Å². The molecule has 0 aliphatic rings. The number of thiophene rings is 1. The first-order valence-electron chi connectivity index (χ1n) is 8.83. The molecule has 1 heterocycles. The number of carbonyl (C=O) groups is 2. The van der Waals surface area contributed by atoms with Gasteiger partial charge in [-0.2, -0.15) is 0 Å². The van der Waals surface area contributed by atoms with Crippen LogP contribution in [0.2, 0.25) is 5.02 Å². The van der Waals surface area contributed by atoms with Crippen molar-refractivity contribution in [2.24, 2.45) is 0 Å². The third kappa shape index (κ3) is 6.06. The number of aryl methyl sites for hydroxylation is 1. The van der Waals surface area contributed by atoms with Crippen LogP contribution in [0.4, 0.5) is 5.69 Å². The lowest BCUT2D eigenvalue weighted by Crippen LogP contribution is -2.41. The number of hydrogen-bond acceptors (Lipinski definition) is 5. The Labute approximate surface area is 183 Å². The molecule has 2 aromatic carbocycles. The predicted octanol–water partition coefficient (Wildman–Crippen LogP) is 3.60. The molecule has 0 spiro atoms. The highest BCUT2D eigenvalue weighted by atomic mass is 35.5. The Balaban J connectivity index is 1.60. The predicted molar refractivity (Wildman–Crippen MR) is 117 cm³/mol. The molecule has 2 amide bonds. The zero-order valence-corrected chi connectivity index (χ0v) is 18.0. The summed E-state index contributed by atoms with van der Waals surface area (Å²) in [5.74, 6) is -0.965. The van der Waals surface area contributed by atoms with Crippen LogP contribution in [0.15, 0.2) is 70.9 Å². The van der Waals surface area contributed by atoms with Gasteiger partial charge in [-0.15, -0.1) is 11.3 Å². The number of sulfonamides is 1. The van der Waals surface area contributed by atoms with Crippen molar-refractivity contribution in [3.63, 3.8) is 0 Å². The lowest BCUT2D eigenvalue weighted by Gasteiger charge is -2.10. The third-order valence-electron chi connectivity index (χ3n) is 4.00. The SMILES string of the molecule is O=C(CCc1cccs1)NNC(=O)c1cccc(S(=O)(=O)Nc2ccc(Cl)cc2)c1. The van der Waals surface area contributed by atoms with Gasteiger partial charge in [-0.25, -0.2) is 8.42 Å². The number of hydrazine groups is 1. The molecule has 0 atom stereocenters. The summed E-state index contributed by atoms with van der Waals surface area (Å²) < 4.78 is 27.6. The zero-order chi connectivity index (χ0) is 21.6. The van der Waals surface area contributed by atoms with Crippen LogP contribution < -0.4 is 15.6 Å². The van der Waals surface area contributed by atoms with Gasteiger partial charge in [0.05, 0.1) is 4.90 Å². The molecule has 10 heteroatoms. The van der Waals surface area contributed by atoms with Gasteiger partial charge in [-0.3, -0.25) is 25.2 Å². The summed E-state index contributed by atoms with van der Waals surface area (Å²) in [4.78, 5) is 25.2. The van der Waals surface area contributed by atoms with Gasteiger partial charge in [-0.05, 0) is 60.3 Å². The van der Waals surface area contributed by atoms with E-state index in [4.69, 9.17) is 11.6 Å². The molecule has 7 nitrogen and oxygen atoms in total. The molecule has 0 bridgehead atoms. The number of amides is 2. The van der Waals surface area contributed by atoms with Crippen LogP contribution in [-0.2, 0) is 21.2 Å². The Morgan fingerprint density at radius 2 is 1.73 bits per heavy atom. The van der Waals surface area contributed by atoms with E-state index in [2.05, 4.69) is 15.6 Å². The Morgan fingerprint density at radius 3 is 2.43 bits per heavy atom. The van der Waals surface area contributed by atoms with Gasteiger partial charge in [0.25, 0.3) is 15.9 Å². The van der Waals surface area contributed by atoms with Crippen LogP contribution in [0.1, 0.15) is 21.7 Å². The average molecular weight is 464 g/mol. The first-order valence-corrected chi connectivity index (χ1v) is 11.6. The minimum absolute atomic E-state index is 0.0888. The van der Waals surface area contributed by atoms with E-state index in [1.54, 1.807) is 23.5 Å². The van der Waals surface area contributed by atoms with Crippen LogP contribution in [0.3, 0.4) is 0 Å². The second kappa shape index (κ2) is 9.75. The summed E-state index contributed by atoms with van der Waals surface area (Å²) in [6.45, 7) is 0. The van der Waals surface area contributed by atoms with Crippen molar-refractivity contribution in [2.75, 3.05) is 4.72 Å². The molecule has 3 aromatic rings. The lowest BCUT2D eigenvalue weighted by molar-refractivity contribution is -0.121. The van der Waals surface area contributed by atoms with Crippen LogP contribution >= 0.6 is 22.9 Å². The van der Waals surface area contributed by atoms with E-state index in [9.17, 15) is 18.0 Å². The number of carbonyl (C=O) groups excluding carboxylic acids is 2. The van der Waals surface area contributed by atoms with E-state index >= 15 is 0 Å². The van der Waals surface area contributed by atoms with Crippen molar-refractivity contribution in [3.05, 3.63) is 81.5 Å². The van der Waals surface area contributed by atoms with Crippen molar-refractivity contribution in [1.82, 2.24) is 10.9 Å². The highest BCUT2D eigenvalue weighted by molar-refractivity contribution is 7.92. The van der Waals surface area contributed by atoms with Crippen molar-refractivity contribution in [3.8, 4) is 0 Å². The molecule has 3 rings (SSSR count). The molecular formula is C20H18ClN3O4S2. The van der Waals surface area contributed by atoms with Gasteiger partial charge < -0.3 is 0 Å². The van der Waals surface area contributed by atoms with Crippen LogP contribution in [0.25, 0.3) is 0 Å². The number of hydrogen-bond donors (Lipinski definition) is 3. The first kappa shape index (κ1) is 21.8. The quantitative estimate of drug-likeness (QED) is 0.465. The fourth-order valence-corrected chi connectivity index (χ4v) is 4.43. The molecule has 0 aliphatic heterocycles. The summed E-state index contributed by atoms with van der Waals surface area (Å²) in [7, 11) is -3.91. The van der Waals surface area contributed by atoms with Crippen molar-refractivity contribution in [2.45, 2.75) is 17.7 Å². The van der Waals surface area contributed by atoms with Gasteiger partial charge in [0.15, 0.2) is 0 Å². The Morgan fingerprint density at radius 1 is 0.967 bits per heavy atom. The minimum atomic E-state index is -3.91. The van der Waals surface area contributed by atoms with Gasteiger partial charge in [0.2, 0.25) is 5.91 Å². The highest BCUT2D eigenvalue weighted by Crippen LogP contribution is 2.19. The van der Waals surface area contributed by atoms with Crippen molar-refractivity contribution >= 4 is 50.5 Å². The van der Waals surface area contributed by atoms with Gasteiger partial charge in [0, 0.05) is 27.6 Å². The molecule has 0 fully saturated rings. The van der Waals surface area contributed by atoms with Crippen LogP contribution in [0.5, 0.6) is 0 Å². The van der Waals surface area contributed by atoms with E-state index in [0.717, 1.165) is 4.88 Å². The van der Waals surface area contributed by atoms with E-state index in [1.165, 1.54) is 36.4 Å². The highest BCUT2D eigenvalue weighted by Gasteiger charge is 2.17. The number of anilines is 1. The van der Waals surface area contributed by atoms with E-state index in [-0.39, 0.29) is 22.8 Å². The number of benzene rings is 2. The summed E-state index contributed by atoms with van der Waals surface area (Å²) >= 11 is 7.36. The smallest absolute Gasteiger partial charge is 0.269 e. The summed E-state index contributed by atoms with van der Waals surface area (Å²) in [5.41, 5.74) is 5.06. The van der Waals surface area contributed by atoms with E-state index in [0.29, 0.717) is 17.1 Å². The van der Waals surface area contributed by atoms with Crippen LogP contribution in [-0.4, -0.2) is 20.2 Å². The lowest BCUT2D eigenvalue weighted by atomic mass is 10.2. The summed E-state index contributed by atoms with van der Waals surface area (Å²) in [6.07, 6.45) is 0.795. The van der Waals surface area contributed by atoms with Gasteiger partial charge in [-0.1, -0.05) is 23.7 Å². The zero-order valence-electron chi connectivity index (χ0n) is 15.6.